The van der Waals surface area contributed by atoms with Crippen LogP contribution in [0.5, 0.6) is 0 Å². The zero-order chi connectivity index (χ0) is 11.9. The molecule has 4 heteroatoms. The van der Waals surface area contributed by atoms with E-state index >= 15 is 0 Å². The van der Waals surface area contributed by atoms with Crippen LogP contribution in [-0.4, -0.2) is 37.4 Å². The first-order valence-electron chi connectivity index (χ1n) is 5.44. The Balaban J connectivity index is 4.09. The first kappa shape index (κ1) is 14.4. The standard InChI is InChI=1S/C11H23NO3/c1-6-12-9(10(13)14-7-2)8-15-11(3,4)5/h9,12H,6-8H2,1-5H3. The third-order valence-corrected chi connectivity index (χ3v) is 1.70. The van der Waals surface area contributed by atoms with Crippen LogP contribution in [0.15, 0.2) is 0 Å². The van der Waals surface area contributed by atoms with E-state index < -0.39 is 0 Å². The Hall–Kier alpha value is -0.610. The highest BCUT2D eigenvalue weighted by molar-refractivity contribution is 5.75. The molecule has 90 valence electrons. The van der Waals surface area contributed by atoms with Crippen LogP contribution in [0.3, 0.4) is 0 Å². The summed E-state index contributed by atoms with van der Waals surface area (Å²) < 4.78 is 10.5. The SMILES string of the molecule is CCNC(COC(C)(C)C)C(=O)OCC. The van der Waals surface area contributed by atoms with Crippen molar-refractivity contribution in [2.75, 3.05) is 19.8 Å². The highest BCUT2D eigenvalue weighted by atomic mass is 16.5. The first-order chi connectivity index (χ1) is 6.90. The van der Waals surface area contributed by atoms with Crippen molar-refractivity contribution in [3.05, 3.63) is 0 Å². The molecule has 0 heterocycles. The Labute approximate surface area is 92.3 Å². The van der Waals surface area contributed by atoms with E-state index in [9.17, 15) is 4.79 Å². The predicted octanol–water partition coefficient (Wildman–Crippen LogP) is 1.34. The number of carbonyl (C=O) groups is 1. The van der Waals surface area contributed by atoms with E-state index in [1.165, 1.54) is 0 Å². The van der Waals surface area contributed by atoms with Crippen LogP contribution < -0.4 is 5.32 Å². The third-order valence-electron chi connectivity index (χ3n) is 1.70. The summed E-state index contributed by atoms with van der Waals surface area (Å²) >= 11 is 0. The van der Waals surface area contributed by atoms with Gasteiger partial charge in [0.1, 0.15) is 6.04 Å². The van der Waals surface area contributed by atoms with Gasteiger partial charge in [-0.1, -0.05) is 6.92 Å². The van der Waals surface area contributed by atoms with E-state index in [1.807, 2.05) is 27.7 Å². The molecular weight excluding hydrogens is 194 g/mol. The Morgan fingerprint density at radius 3 is 2.33 bits per heavy atom. The predicted molar refractivity (Wildman–Crippen MR) is 59.8 cm³/mol. The summed E-state index contributed by atoms with van der Waals surface area (Å²) in [7, 11) is 0. The molecule has 0 bridgehead atoms. The molecule has 0 aliphatic heterocycles. The summed E-state index contributed by atoms with van der Waals surface area (Å²) in [5.74, 6) is -0.247. The third kappa shape index (κ3) is 7.33. The quantitative estimate of drug-likeness (QED) is 0.682. The van der Waals surface area contributed by atoms with Crippen molar-refractivity contribution < 1.29 is 14.3 Å². The molecule has 1 atom stereocenters. The van der Waals surface area contributed by atoms with E-state index in [2.05, 4.69) is 5.32 Å². The van der Waals surface area contributed by atoms with Gasteiger partial charge in [0, 0.05) is 0 Å². The van der Waals surface area contributed by atoms with Crippen molar-refractivity contribution >= 4 is 5.97 Å². The fraction of sp³-hybridized carbons (Fsp3) is 0.909. The van der Waals surface area contributed by atoms with Gasteiger partial charge in [-0.3, -0.25) is 4.79 Å². The topological polar surface area (TPSA) is 47.6 Å². The van der Waals surface area contributed by atoms with Crippen molar-refractivity contribution in [1.29, 1.82) is 0 Å². The maximum Gasteiger partial charge on any atom is 0.325 e. The molecule has 0 fully saturated rings. The van der Waals surface area contributed by atoms with Gasteiger partial charge >= 0.3 is 5.97 Å². The zero-order valence-corrected chi connectivity index (χ0v) is 10.4. The monoisotopic (exact) mass is 217 g/mol. The Kier molecular flexibility index (Phi) is 6.52. The van der Waals surface area contributed by atoms with E-state index in [-0.39, 0.29) is 17.6 Å². The van der Waals surface area contributed by atoms with Crippen molar-refractivity contribution in [2.24, 2.45) is 0 Å². The van der Waals surface area contributed by atoms with Crippen molar-refractivity contribution in [3.8, 4) is 0 Å². The van der Waals surface area contributed by atoms with Crippen molar-refractivity contribution in [1.82, 2.24) is 5.32 Å². The molecule has 0 spiro atoms. The fourth-order valence-corrected chi connectivity index (χ4v) is 1.03. The molecule has 1 unspecified atom stereocenters. The van der Waals surface area contributed by atoms with Gasteiger partial charge in [-0.05, 0) is 34.2 Å². The maximum absolute atomic E-state index is 11.5. The highest BCUT2D eigenvalue weighted by Gasteiger charge is 2.21. The van der Waals surface area contributed by atoms with Crippen molar-refractivity contribution in [2.45, 2.75) is 46.3 Å². The molecule has 0 aromatic carbocycles. The maximum atomic E-state index is 11.5. The molecule has 0 amide bonds. The summed E-state index contributed by atoms with van der Waals surface area (Å²) in [6, 6.07) is -0.367. The number of esters is 1. The molecule has 0 saturated heterocycles. The lowest BCUT2D eigenvalue weighted by atomic mass is 10.2. The smallest absolute Gasteiger partial charge is 0.325 e. The Morgan fingerprint density at radius 2 is 1.93 bits per heavy atom. The molecule has 4 nitrogen and oxygen atoms in total. The molecule has 0 radical (unpaired) electrons. The lowest BCUT2D eigenvalue weighted by molar-refractivity contribution is -0.148. The molecule has 0 aliphatic carbocycles. The normalized spacial score (nSPS) is 13.7. The van der Waals surface area contributed by atoms with Gasteiger partial charge in [-0.25, -0.2) is 0 Å². The Morgan fingerprint density at radius 1 is 1.33 bits per heavy atom. The molecule has 0 aromatic rings. The van der Waals surface area contributed by atoms with Gasteiger partial charge in [-0.15, -0.1) is 0 Å². The van der Waals surface area contributed by atoms with Crippen LogP contribution in [0.4, 0.5) is 0 Å². The average molecular weight is 217 g/mol. The number of rotatable bonds is 6. The molecule has 1 N–H and O–H groups in total. The van der Waals surface area contributed by atoms with E-state index in [0.717, 1.165) is 6.54 Å². The lowest BCUT2D eigenvalue weighted by Gasteiger charge is -2.23. The van der Waals surface area contributed by atoms with Crippen LogP contribution >= 0.6 is 0 Å². The van der Waals surface area contributed by atoms with Gasteiger partial charge in [0.25, 0.3) is 0 Å². The van der Waals surface area contributed by atoms with Crippen LogP contribution in [0, 0.1) is 0 Å². The van der Waals surface area contributed by atoms with Crippen LogP contribution in [0.25, 0.3) is 0 Å². The molecule has 15 heavy (non-hydrogen) atoms. The molecule has 0 aliphatic rings. The van der Waals surface area contributed by atoms with Crippen LogP contribution in [-0.2, 0) is 14.3 Å². The summed E-state index contributed by atoms with van der Waals surface area (Å²) in [6.45, 7) is 11.1. The molecule has 0 aromatic heterocycles. The molecule has 0 saturated carbocycles. The summed E-state index contributed by atoms with van der Waals surface area (Å²) in [6.07, 6.45) is 0. The summed E-state index contributed by atoms with van der Waals surface area (Å²) in [5.41, 5.74) is -0.236. The van der Waals surface area contributed by atoms with Crippen LogP contribution in [0.1, 0.15) is 34.6 Å². The minimum atomic E-state index is -0.367. The largest absolute Gasteiger partial charge is 0.465 e. The number of ether oxygens (including phenoxy) is 2. The second-order valence-electron chi connectivity index (χ2n) is 4.29. The highest BCUT2D eigenvalue weighted by Crippen LogP contribution is 2.07. The number of nitrogens with one attached hydrogen (secondary N) is 1. The van der Waals surface area contributed by atoms with E-state index in [0.29, 0.717) is 13.2 Å². The lowest BCUT2D eigenvalue weighted by Crippen LogP contribution is -2.43. The first-order valence-corrected chi connectivity index (χ1v) is 5.44. The minimum Gasteiger partial charge on any atom is -0.465 e. The van der Waals surface area contributed by atoms with Gasteiger partial charge in [-0.2, -0.15) is 0 Å². The molecular formula is C11H23NO3. The van der Waals surface area contributed by atoms with Crippen molar-refractivity contribution in [3.63, 3.8) is 0 Å². The van der Waals surface area contributed by atoms with Gasteiger partial charge in [0.15, 0.2) is 0 Å². The van der Waals surface area contributed by atoms with Gasteiger partial charge in [0.2, 0.25) is 0 Å². The second kappa shape index (κ2) is 6.80. The molecule has 0 rings (SSSR count). The second-order valence-corrected chi connectivity index (χ2v) is 4.29. The van der Waals surface area contributed by atoms with Crippen LogP contribution in [0.2, 0.25) is 0 Å². The van der Waals surface area contributed by atoms with Gasteiger partial charge < -0.3 is 14.8 Å². The number of hydrogen-bond donors (Lipinski definition) is 1. The van der Waals surface area contributed by atoms with E-state index in [1.54, 1.807) is 6.92 Å². The summed E-state index contributed by atoms with van der Waals surface area (Å²) in [4.78, 5) is 11.5. The zero-order valence-electron chi connectivity index (χ0n) is 10.4. The Bertz CT molecular complexity index is 187. The fourth-order valence-electron chi connectivity index (χ4n) is 1.03. The number of hydrogen-bond acceptors (Lipinski definition) is 4. The number of likely N-dealkylation sites (N-methyl/N-ethyl adjacent to an activating group) is 1. The number of carbonyl (C=O) groups excluding carboxylic acids is 1. The van der Waals surface area contributed by atoms with E-state index in [4.69, 9.17) is 9.47 Å². The van der Waals surface area contributed by atoms with Gasteiger partial charge in [0.05, 0.1) is 18.8 Å². The summed E-state index contributed by atoms with van der Waals surface area (Å²) in [5, 5.41) is 3.04. The minimum absolute atomic E-state index is 0.236. The average Bonchev–Trinajstić information content (AvgIpc) is 2.11.